The number of aromatic amines is 2. The number of likely N-dealkylation sites (tertiary alicyclic amines) is 1. The Hall–Kier alpha value is -6.48. The number of hydrogen-bond acceptors (Lipinski definition) is 9. The molecular formula is C49H56N8O7. The molecule has 15 nitrogen and oxygen atoms in total. The Balaban J connectivity index is 0.915. The molecule has 0 radical (unpaired) electrons. The highest BCUT2D eigenvalue weighted by molar-refractivity contribution is 5.88. The van der Waals surface area contributed by atoms with Crippen LogP contribution in [-0.2, 0) is 30.4 Å². The van der Waals surface area contributed by atoms with Gasteiger partial charge < -0.3 is 44.6 Å². The first kappa shape index (κ1) is 42.8. The van der Waals surface area contributed by atoms with Crippen molar-refractivity contribution in [2.75, 3.05) is 33.9 Å². The van der Waals surface area contributed by atoms with E-state index < -0.39 is 24.3 Å². The van der Waals surface area contributed by atoms with Crippen LogP contribution in [0.4, 0.5) is 9.59 Å². The van der Waals surface area contributed by atoms with E-state index in [0.29, 0.717) is 44.1 Å². The standard InChI is InChI=1S/C49H56N8O7/c1-62-47(60)53-36-13-8-3-4-9-26-64-29-38-41(54-44(52-38)40-27-49(23-24-49)30-57(40)45(36)58)35-21-17-32(18-22-35)31-15-19-33(20-16-31)37-28-50-43(51-37)39-14-10-25-56(39)46(59)42(55-48(61)63-2)34-11-6-5-7-12-34/h5-7,11-12,15-22,28,36,39-40,42H,3-4,8-10,13-14,23-27,29-30H2,1-2H3,(H,50,51)(H,52,54)(H,53,60)(H,55,61)/t36-,39-,40-,42+/m0/s1. The summed E-state index contributed by atoms with van der Waals surface area (Å²) in [5, 5.41) is 5.55. The van der Waals surface area contributed by atoms with Crippen molar-refractivity contribution in [1.29, 1.82) is 0 Å². The molecule has 9 rings (SSSR count). The Bertz CT molecular complexity index is 2450. The van der Waals surface area contributed by atoms with E-state index in [1.807, 2.05) is 35.2 Å². The molecule has 2 saturated heterocycles. The van der Waals surface area contributed by atoms with E-state index >= 15 is 0 Å². The van der Waals surface area contributed by atoms with E-state index in [0.717, 1.165) is 103 Å². The van der Waals surface area contributed by atoms with Gasteiger partial charge in [0.05, 0.1) is 56.2 Å². The average Bonchev–Trinajstić information content (AvgIpc) is 3.81. The Morgan fingerprint density at radius 2 is 1.50 bits per heavy atom. The second-order valence-corrected chi connectivity index (χ2v) is 17.6. The first-order chi connectivity index (χ1) is 31.2. The van der Waals surface area contributed by atoms with Crippen molar-refractivity contribution < 1.29 is 33.4 Å². The molecule has 2 aromatic heterocycles. The zero-order chi connectivity index (χ0) is 44.2. The van der Waals surface area contributed by atoms with E-state index in [1.165, 1.54) is 14.2 Å². The number of methoxy groups -OCH3 is 2. The largest absolute Gasteiger partial charge is 0.453 e. The van der Waals surface area contributed by atoms with Gasteiger partial charge >= 0.3 is 12.2 Å². The predicted molar refractivity (Wildman–Crippen MR) is 238 cm³/mol. The Labute approximate surface area is 372 Å². The van der Waals surface area contributed by atoms with Crippen LogP contribution in [-0.4, -0.2) is 93.7 Å². The highest BCUT2D eigenvalue weighted by atomic mass is 16.5. The summed E-state index contributed by atoms with van der Waals surface area (Å²) in [6, 6.07) is 23.8. The number of ether oxygens (including phenoxy) is 3. The Kier molecular flexibility index (Phi) is 12.5. The van der Waals surface area contributed by atoms with E-state index in [2.05, 4.69) is 69.1 Å². The van der Waals surface area contributed by atoms with E-state index in [9.17, 15) is 19.2 Å². The highest BCUT2D eigenvalue weighted by Gasteiger charge is 2.55. The zero-order valence-electron chi connectivity index (χ0n) is 36.4. The number of nitrogens with one attached hydrogen (secondary N) is 4. The lowest BCUT2D eigenvalue weighted by atomic mass is 10.0. The number of aromatic nitrogens is 4. The first-order valence-electron chi connectivity index (χ1n) is 22.5. The smallest absolute Gasteiger partial charge is 0.407 e. The van der Waals surface area contributed by atoms with Crippen LogP contribution >= 0.6 is 0 Å². The fourth-order valence-electron chi connectivity index (χ4n) is 9.65. The number of alkyl carbamates (subject to hydrolysis) is 2. The number of nitrogens with zero attached hydrogens (tertiary/aromatic N) is 4. The molecule has 1 spiro atoms. The summed E-state index contributed by atoms with van der Waals surface area (Å²) in [6.07, 6.45) is 9.28. The van der Waals surface area contributed by atoms with Crippen molar-refractivity contribution in [3.63, 3.8) is 0 Å². The number of imidazole rings is 2. The molecule has 4 aliphatic rings. The number of hydrogen-bond donors (Lipinski definition) is 4. The van der Waals surface area contributed by atoms with Gasteiger partial charge in [0, 0.05) is 25.3 Å². The molecule has 334 valence electrons. The normalized spacial score (nSPS) is 21.3. The zero-order valence-corrected chi connectivity index (χ0v) is 36.4. The summed E-state index contributed by atoms with van der Waals surface area (Å²) in [4.78, 5) is 73.5. The third-order valence-electron chi connectivity index (χ3n) is 13.4. The van der Waals surface area contributed by atoms with Crippen molar-refractivity contribution in [3.8, 4) is 33.6 Å². The van der Waals surface area contributed by atoms with Crippen LogP contribution in [0.1, 0.15) is 105 Å². The summed E-state index contributed by atoms with van der Waals surface area (Å²) in [7, 11) is 2.61. The van der Waals surface area contributed by atoms with Gasteiger partial charge in [0.2, 0.25) is 5.91 Å². The van der Waals surface area contributed by atoms with Crippen LogP contribution in [0.15, 0.2) is 85.1 Å². The summed E-state index contributed by atoms with van der Waals surface area (Å²) in [5.74, 6) is 1.15. The molecule has 5 aromatic rings. The molecule has 4 atom stereocenters. The van der Waals surface area contributed by atoms with Crippen LogP contribution in [0, 0.1) is 5.41 Å². The number of amides is 4. The molecule has 2 bridgehead atoms. The van der Waals surface area contributed by atoms with Gasteiger partial charge in [-0.15, -0.1) is 0 Å². The summed E-state index contributed by atoms with van der Waals surface area (Å²) in [6.45, 7) is 2.21. The average molecular weight is 869 g/mol. The van der Waals surface area contributed by atoms with Gasteiger partial charge in [-0.25, -0.2) is 19.6 Å². The number of rotatable bonds is 8. The second kappa shape index (κ2) is 18.7. The third kappa shape index (κ3) is 9.12. The van der Waals surface area contributed by atoms with E-state index in [1.54, 1.807) is 11.1 Å². The maximum Gasteiger partial charge on any atom is 0.407 e. The van der Waals surface area contributed by atoms with E-state index in [-0.39, 0.29) is 29.3 Å². The van der Waals surface area contributed by atoms with Gasteiger partial charge in [0.15, 0.2) is 0 Å². The quantitative estimate of drug-likeness (QED) is 0.120. The summed E-state index contributed by atoms with van der Waals surface area (Å²) >= 11 is 0. The van der Waals surface area contributed by atoms with Crippen LogP contribution in [0.5, 0.6) is 0 Å². The summed E-state index contributed by atoms with van der Waals surface area (Å²) in [5.41, 5.74) is 7.31. The Morgan fingerprint density at radius 3 is 2.22 bits per heavy atom. The highest BCUT2D eigenvalue weighted by Crippen LogP contribution is 2.58. The van der Waals surface area contributed by atoms with Crippen molar-refractivity contribution in [1.82, 2.24) is 40.4 Å². The topological polar surface area (TPSA) is 184 Å². The molecule has 3 aromatic carbocycles. The minimum Gasteiger partial charge on any atom is -0.453 e. The number of H-pyrrole nitrogens is 2. The molecular weight excluding hydrogens is 813 g/mol. The van der Waals surface area contributed by atoms with Crippen molar-refractivity contribution >= 4 is 24.0 Å². The van der Waals surface area contributed by atoms with Crippen molar-refractivity contribution in [2.24, 2.45) is 5.41 Å². The molecule has 5 heterocycles. The SMILES string of the molecule is COC(=O)N[C@H]1CCCCCCOCc2[nH]c(nc2-c2ccc(-c3ccc(-c4cnc([C@@H]5CCCN5C(=O)[C@H](NC(=O)OC)c5ccccc5)[nH]4)cc3)cc2)[C@@H]2CC3(CC3)CN2C1=O. The van der Waals surface area contributed by atoms with Crippen LogP contribution < -0.4 is 10.6 Å². The molecule has 15 heteroatoms. The predicted octanol–water partition coefficient (Wildman–Crippen LogP) is 8.15. The fraction of sp³-hybridized carbons (Fsp3) is 0.429. The maximum absolute atomic E-state index is 14.2. The van der Waals surface area contributed by atoms with Gasteiger partial charge in [-0.1, -0.05) is 98.1 Å². The number of carbonyl (C=O) groups is 4. The Morgan fingerprint density at radius 1 is 0.797 bits per heavy atom. The molecule has 4 amide bonds. The van der Waals surface area contributed by atoms with Crippen LogP contribution in [0.2, 0.25) is 0 Å². The van der Waals surface area contributed by atoms with Gasteiger partial charge in [-0.3, -0.25) is 9.59 Å². The van der Waals surface area contributed by atoms with Crippen molar-refractivity contribution in [2.45, 2.75) is 95.0 Å². The minimum atomic E-state index is -0.886. The van der Waals surface area contributed by atoms with Crippen LogP contribution in [0.3, 0.4) is 0 Å². The lowest BCUT2D eigenvalue weighted by Crippen LogP contribution is -2.48. The lowest BCUT2D eigenvalue weighted by Gasteiger charge is -2.28. The molecule has 4 N–H and O–H groups in total. The lowest BCUT2D eigenvalue weighted by molar-refractivity contribution is -0.135. The third-order valence-corrected chi connectivity index (χ3v) is 13.4. The molecule has 64 heavy (non-hydrogen) atoms. The number of benzene rings is 3. The van der Waals surface area contributed by atoms with Gasteiger partial charge in [-0.05, 0) is 72.6 Å². The molecule has 1 aliphatic carbocycles. The second-order valence-electron chi connectivity index (χ2n) is 17.6. The van der Waals surface area contributed by atoms with E-state index in [4.69, 9.17) is 24.2 Å². The molecule has 3 fully saturated rings. The first-order valence-corrected chi connectivity index (χ1v) is 22.5. The maximum atomic E-state index is 14.2. The van der Waals surface area contributed by atoms with Crippen LogP contribution in [0.25, 0.3) is 33.6 Å². The monoisotopic (exact) mass is 868 g/mol. The molecule has 3 aliphatic heterocycles. The molecule has 1 saturated carbocycles. The molecule has 0 unspecified atom stereocenters. The summed E-state index contributed by atoms with van der Waals surface area (Å²) < 4.78 is 16.0. The number of carbonyl (C=O) groups excluding carboxylic acids is 4. The minimum absolute atomic E-state index is 0.0795. The van der Waals surface area contributed by atoms with Gasteiger partial charge in [0.1, 0.15) is 23.7 Å². The fourth-order valence-corrected chi connectivity index (χ4v) is 9.65. The van der Waals surface area contributed by atoms with Gasteiger partial charge in [0.25, 0.3) is 5.91 Å². The number of fused-ring (bicyclic) bond motifs is 4. The van der Waals surface area contributed by atoms with Gasteiger partial charge in [-0.2, -0.15) is 0 Å². The van der Waals surface area contributed by atoms with Crippen molar-refractivity contribution in [3.05, 3.63) is 108 Å².